The molecule has 0 spiro atoms. The minimum Gasteiger partial charge on any atom is -0.384 e. The summed E-state index contributed by atoms with van der Waals surface area (Å²) in [4.78, 5) is 0. The number of hydrogen-bond acceptors (Lipinski definition) is 1. The Bertz CT molecular complexity index is 539. The summed E-state index contributed by atoms with van der Waals surface area (Å²) in [5.74, 6) is -0.377. The van der Waals surface area contributed by atoms with Crippen molar-refractivity contribution >= 4 is 22.6 Å². The summed E-state index contributed by atoms with van der Waals surface area (Å²) in [6, 6.07) is 12.0. The Morgan fingerprint density at radius 2 is 1.71 bits per heavy atom. The molecule has 0 amide bonds. The molecule has 0 saturated heterocycles. The first kappa shape index (κ1) is 12.5. The van der Waals surface area contributed by atoms with E-state index in [4.69, 9.17) is 0 Å². The van der Waals surface area contributed by atoms with E-state index in [0.717, 1.165) is 14.7 Å². The fourth-order valence-corrected chi connectivity index (χ4v) is 2.40. The highest BCUT2D eigenvalue weighted by Gasteiger charge is 2.17. The summed E-state index contributed by atoms with van der Waals surface area (Å²) in [6.07, 6.45) is -0.914. The predicted octanol–water partition coefficient (Wildman–Crippen LogP) is 3.82. The van der Waals surface area contributed by atoms with Gasteiger partial charge in [0.2, 0.25) is 0 Å². The molecule has 1 N–H and O–H groups in total. The zero-order valence-corrected chi connectivity index (χ0v) is 11.5. The van der Waals surface area contributed by atoms with Gasteiger partial charge in [-0.2, -0.15) is 0 Å². The van der Waals surface area contributed by atoms with Crippen molar-refractivity contribution < 1.29 is 9.50 Å². The molecule has 0 aromatic heterocycles. The van der Waals surface area contributed by atoms with E-state index in [1.54, 1.807) is 18.2 Å². The van der Waals surface area contributed by atoms with Gasteiger partial charge in [0.05, 0.1) is 0 Å². The van der Waals surface area contributed by atoms with Crippen LogP contribution in [-0.4, -0.2) is 5.11 Å². The first-order valence-corrected chi connectivity index (χ1v) is 6.36. The van der Waals surface area contributed by atoms with Crippen molar-refractivity contribution in [3.8, 4) is 0 Å². The minimum atomic E-state index is -0.914. The van der Waals surface area contributed by atoms with Crippen LogP contribution < -0.4 is 0 Å². The van der Waals surface area contributed by atoms with Crippen molar-refractivity contribution in [2.24, 2.45) is 0 Å². The fraction of sp³-hybridized carbons (Fsp3) is 0.143. The highest BCUT2D eigenvalue weighted by molar-refractivity contribution is 14.1. The monoisotopic (exact) mass is 342 g/mol. The Hall–Kier alpha value is -0.940. The normalized spacial score (nSPS) is 12.5. The van der Waals surface area contributed by atoms with E-state index in [9.17, 15) is 9.50 Å². The molecule has 17 heavy (non-hydrogen) atoms. The summed E-state index contributed by atoms with van der Waals surface area (Å²) in [5.41, 5.74) is 2.14. The SMILES string of the molecule is Cc1cccc(C(O)c2ccccc2F)c1I. The molecule has 0 aliphatic rings. The van der Waals surface area contributed by atoms with Crippen LogP contribution in [0.1, 0.15) is 22.8 Å². The van der Waals surface area contributed by atoms with Crippen LogP contribution in [0.15, 0.2) is 42.5 Å². The molecule has 0 radical (unpaired) electrons. The third-order valence-corrected chi connectivity index (χ3v) is 4.19. The summed E-state index contributed by atoms with van der Waals surface area (Å²) in [6.45, 7) is 1.97. The number of rotatable bonds is 2. The third-order valence-electron chi connectivity index (χ3n) is 2.72. The molecule has 1 atom stereocenters. The fourth-order valence-electron chi connectivity index (χ4n) is 1.75. The average Bonchev–Trinajstić information content (AvgIpc) is 2.32. The summed E-state index contributed by atoms with van der Waals surface area (Å²) in [7, 11) is 0. The van der Waals surface area contributed by atoms with Gasteiger partial charge in [-0.05, 0) is 46.7 Å². The van der Waals surface area contributed by atoms with Crippen molar-refractivity contribution in [2.75, 3.05) is 0 Å². The molecule has 0 fully saturated rings. The van der Waals surface area contributed by atoms with Gasteiger partial charge in [0.1, 0.15) is 11.9 Å². The number of halogens is 2. The first-order valence-electron chi connectivity index (χ1n) is 5.28. The number of aliphatic hydroxyl groups is 1. The molecule has 0 heterocycles. The lowest BCUT2D eigenvalue weighted by Gasteiger charge is -2.15. The van der Waals surface area contributed by atoms with Gasteiger partial charge in [0, 0.05) is 9.13 Å². The highest BCUT2D eigenvalue weighted by Crippen LogP contribution is 2.29. The van der Waals surface area contributed by atoms with Crippen LogP contribution in [0.2, 0.25) is 0 Å². The molecular formula is C14H12FIO. The standard InChI is InChI=1S/C14H12FIO/c1-9-5-4-7-11(13(9)16)14(17)10-6-2-3-8-12(10)15/h2-8,14,17H,1H3. The van der Waals surface area contributed by atoms with Gasteiger partial charge in [0.25, 0.3) is 0 Å². The zero-order valence-electron chi connectivity index (χ0n) is 9.32. The number of hydrogen-bond donors (Lipinski definition) is 1. The van der Waals surface area contributed by atoms with E-state index in [-0.39, 0.29) is 5.82 Å². The second kappa shape index (κ2) is 5.14. The van der Waals surface area contributed by atoms with Gasteiger partial charge in [-0.1, -0.05) is 36.4 Å². The lowest BCUT2D eigenvalue weighted by molar-refractivity contribution is 0.214. The van der Waals surface area contributed by atoms with E-state index in [1.807, 2.05) is 25.1 Å². The zero-order chi connectivity index (χ0) is 12.4. The molecule has 2 aromatic carbocycles. The third kappa shape index (κ3) is 2.50. The first-order chi connectivity index (χ1) is 8.11. The lowest BCUT2D eigenvalue weighted by Crippen LogP contribution is -2.05. The summed E-state index contributed by atoms with van der Waals surface area (Å²) >= 11 is 2.18. The summed E-state index contributed by atoms with van der Waals surface area (Å²) < 4.78 is 14.6. The Morgan fingerprint density at radius 1 is 1.06 bits per heavy atom. The highest BCUT2D eigenvalue weighted by atomic mass is 127. The molecule has 88 valence electrons. The summed E-state index contributed by atoms with van der Waals surface area (Å²) in [5, 5.41) is 10.2. The maximum Gasteiger partial charge on any atom is 0.129 e. The van der Waals surface area contributed by atoms with Gasteiger partial charge in [-0.3, -0.25) is 0 Å². The minimum absolute atomic E-state index is 0.316. The smallest absolute Gasteiger partial charge is 0.129 e. The van der Waals surface area contributed by atoms with E-state index < -0.39 is 6.10 Å². The number of benzene rings is 2. The van der Waals surface area contributed by atoms with Crippen LogP contribution in [-0.2, 0) is 0 Å². The van der Waals surface area contributed by atoms with E-state index >= 15 is 0 Å². The van der Waals surface area contributed by atoms with Gasteiger partial charge in [0.15, 0.2) is 0 Å². The topological polar surface area (TPSA) is 20.2 Å². The second-order valence-corrected chi connectivity index (χ2v) is 4.98. The van der Waals surface area contributed by atoms with Gasteiger partial charge < -0.3 is 5.11 Å². The lowest BCUT2D eigenvalue weighted by atomic mass is 10.00. The Labute approximate surface area is 113 Å². The maximum absolute atomic E-state index is 13.6. The van der Waals surface area contributed by atoms with Crippen LogP contribution in [0.3, 0.4) is 0 Å². The quantitative estimate of drug-likeness (QED) is 0.823. The maximum atomic E-state index is 13.6. The Kier molecular flexibility index (Phi) is 3.79. The van der Waals surface area contributed by atoms with Crippen LogP contribution in [0.25, 0.3) is 0 Å². The van der Waals surface area contributed by atoms with Crippen molar-refractivity contribution in [1.82, 2.24) is 0 Å². The molecule has 2 rings (SSSR count). The van der Waals surface area contributed by atoms with Crippen LogP contribution >= 0.6 is 22.6 Å². The number of aliphatic hydroxyl groups excluding tert-OH is 1. The molecule has 1 nitrogen and oxygen atoms in total. The largest absolute Gasteiger partial charge is 0.384 e. The van der Waals surface area contributed by atoms with Gasteiger partial charge >= 0.3 is 0 Å². The van der Waals surface area contributed by atoms with Crippen LogP contribution in [0, 0.1) is 16.3 Å². The Balaban J connectivity index is 2.48. The van der Waals surface area contributed by atoms with E-state index in [2.05, 4.69) is 22.6 Å². The molecule has 0 saturated carbocycles. The second-order valence-electron chi connectivity index (χ2n) is 3.90. The molecule has 0 bridgehead atoms. The molecule has 1 unspecified atom stereocenters. The molecule has 0 aliphatic carbocycles. The average molecular weight is 342 g/mol. The van der Waals surface area contributed by atoms with Crippen LogP contribution in [0.4, 0.5) is 4.39 Å². The number of aryl methyl sites for hydroxylation is 1. The molecule has 2 aromatic rings. The van der Waals surface area contributed by atoms with Crippen molar-refractivity contribution in [2.45, 2.75) is 13.0 Å². The van der Waals surface area contributed by atoms with Crippen LogP contribution in [0.5, 0.6) is 0 Å². The predicted molar refractivity (Wildman–Crippen MR) is 74.4 cm³/mol. The molecule has 3 heteroatoms. The van der Waals surface area contributed by atoms with Gasteiger partial charge in [-0.15, -0.1) is 0 Å². The molecule has 0 aliphatic heterocycles. The Morgan fingerprint density at radius 3 is 2.41 bits per heavy atom. The van der Waals surface area contributed by atoms with Gasteiger partial charge in [-0.25, -0.2) is 4.39 Å². The van der Waals surface area contributed by atoms with Crippen molar-refractivity contribution in [3.05, 3.63) is 68.5 Å². The van der Waals surface area contributed by atoms with Crippen molar-refractivity contribution in [1.29, 1.82) is 0 Å². The van der Waals surface area contributed by atoms with E-state index in [0.29, 0.717) is 5.56 Å². The molecular weight excluding hydrogens is 330 g/mol. The van der Waals surface area contributed by atoms with E-state index in [1.165, 1.54) is 6.07 Å². The van der Waals surface area contributed by atoms with Crippen molar-refractivity contribution in [3.63, 3.8) is 0 Å².